The van der Waals surface area contributed by atoms with Crippen molar-refractivity contribution in [2.24, 2.45) is 5.92 Å². The minimum atomic E-state index is -0.172. The Morgan fingerprint density at radius 3 is 2.27 bits per heavy atom. The molecule has 0 saturated heterocycles. The van der Waals surface area contributed by atoms with Crippen molar-refractivity contribution in [2.45, 2.75) is 26.7 Å². The van der Waals surface area contributed by atoms with Crippen LogP contribution in [0.25, 0.3) is 0 Å². The number of ketones is 1. The number of Topliss-reactive ketones (excluding diaryl/α,β-unsaturated/α-hetero) is 1. The van der Waals surface area contributed by atoms with Gasteiger partial charge in [0.25, 0.3) is 0 Å². The average Bonchev–Trinajstić information content (AvgIpc) is 2.15. The van der Waals surface area contributed by atoms with E-state index in [1.54, 1.807) is 12.1 Å². The van der Waals surface area contributed by atoms with Crippen molar-refractivity contribution in [3.05, 3.63) is 33.8 Å². The predicted octanol–water partition coefficient (Wildman–Crippen LogP) is 4.32. The number of carbonyl (C=O) groups excluding carboxylic acids is 1. The van der Waals surface area contributed by atoms with Crippen LogP contribution in [0.1, 0.15) is 32.3 Å². The number of carbonyl (C=O) groups is 1. The molecule has 15 heavy (non-hydrogen) atoms. The summed E-state index contributed by atoms with van der Waals surface area (Å²) in [5.41, 5.74) is 0.847. The van der Waals surface area contributed by atoms with Crippen molar-refractivity contribution in [3.63, 3.8) is 0 Å². The highest BCUT2D eigenvalue weighted by Gasteiger charge is 2.20. The second-order valence-electron chi connectivity index (χ2n) is 3.94. The molecule has 1 unspecified atom stereocenters. The van der Waals surface area contributed by atoms with Gasteiger partial charge in [-0.05, 0) is 17.7 Å². The van der Waals surface area contributed by atoms with Crippen molar-refractivity contribution >= 4 is 29.0 Å². The Balaban J connectivity index is 3.01. The van der Waals surface area contributed by atoms with E-state index in [9.17, 15) is 4.79 Å². The van der Waals surface area contributed by atoms with E-state index in [0.29, 0.717) is 10.0 Å². The lowest BCUT2D eigenvalue weighted by Gasteiger charge is -2.14. The van der Waals surface area contributed by atoms with Gasteiger partial charge in [-0.2, -0.15) is 0 Å². The monoisotopic (exact) mass is 244 g/mol. The van der Waals surface area contributed by atoms with Crippen LogP contribution >= 0.6 is 23.2 Å². The number of hydrogen-bond donors (Lipinski definition) is 0. The first-order valence-electron chi connectivity index (χ1n) is 4.92. The van der Waals surface area contributed by atoms with E-state index in [1.165, 1.54) is 0 Å². The molecular weight excluding hydrogens is 231 g/mol. The average molecular weight is 245 g/mol. The van der Waals surface area contributed by atoms with Crippen LogP contribution in [0.5, 0.6) is 0 Å². The third-order valence-corrected chi connectivity index (χ3v) is 2.99. The molecule has 1 nitrogen and oxygen atoms in total. The molecule has 3 heteroatoms. The fourth-order valence-electron chi connectivity index (χ4n) is 1.51. The summed E-state index contributed by atoms with van der Waals surface area (Å²) in [7, 11) is 0. The van der Waals surface area contributed by atoms with Crippen LogP contribution in [-0.2, 0) is 4.79 Å². The maximum atomic E-state index is 11.8. The van der Waals surface area contributed by atoms with Crippen LogP contribution in [0.15, 0.2) is 18.2 Å². The van der Waals surface area contributed by atoms with Crippen molar-refractivity contribution in [1.29, 1.82) is 0 Å². The van der Waals surface area contributed by atoms with Crippen molar-refractivity contribution in [2.75, 3.05) is 0 Å². The van der Waals surface area contributed by atoms with E-state index in [4.69, 9.17) is 23.2 Å². The zero-order chi connectivity index (χ0) is 11.6. The first kappa shape index (κ1) is 12.5. The Labute approximate surface area is 100 Å². The molecule has 0 aliphatic heterocycles. The maximum absolute atomic E-state index is 11.8. The molecule has 0 fully saturated rings. The number of hydrogen-bond acceptors (Lipinski definition) is 1. The number of rotatable bonds is 3. The largest absolute Gasteiger partial charge is 0.299 e. The SMILES string of the molecule is CC(C)C(=O)C(C)c1ccc(Cl)cc1Cl. The molecule has 0 amide bonds. The Bertz CT molecular complexity index is 372. The zero-order valence-corrected chi connectivity index (χ0v) is 10.6. The van der Waals surface area contributed by atoms with Gasteiger partial charge >= 0.3 is 0 Å². The topological polar surface area (TPSA) is 17.1 Å². The highest BCUT2D eigenvalue weighted by Crippen LogP contribution is 2.29. The van der Waals surface area contributed by atoms with Gasteiger partial charge in [-0.1, -0.05) is 50.0 Å². The van der Waals surface area contributed by atoms with Gasteiger partial charge in [0.05, 0.1) is 0 Å². The molecule has 0 aliphatic carbocycles. The molecule has 82 valence electrons. The van der Waals surface area contributed by atoms with Crippen LogP contribution in [-0.4, -0.2) is 5.78 Å². The van der Waals surface area contributed by atoms with E-state index < -0.39 is 0 Å². The second-order valence-corrected chi connectivity index (χ2v) is 4.79. The molecule has 0 aliphatic rings. The molecule has 0 radical (unpaired) electrons. The van der Waals surface area contributed by atoms with Crippen molar-refractivity contribution in [1.82, 2.24) is 0 Å². The summed E-state index contributed by atoms with van der Waals surface area (Å²) in [6, 6.07) is 5.24. The lowest BCUT2D eigenvalue weighted by molar-refractivity contribution is -0.123. The van der Waals surface area contributed by atoms with Gasteiger partial charge < -0.3 is 0 Å². The Kier molecular flexibility index (Phi) is 4.18. The fraction of sp³-hybridized carbons (Fsp3) is 0.417. The van der Waals surface area contributed by atoms with Crippen molar-refractivity contribution < 1.29 is 4.79 Å². The summed E-state index contributed by atoms with van der Waals surface area (Å²) >= 11 is 11.8. The van der Waals surface area contributed by atoms with Crippen LogP contribution in [0.4, 0.5) is 0 Å². The molecule has 0 bridgehead atoms. The summed E-state index contributed by atoms with van der Waals surface area (Å²) in [5.74, 6) is 0.0423. The number of benzene rings is 1. The van der Waals surface area contributed by atoms with Gasteiger partial charge in [0.1, 0.15) is 5.78 Å². The molecule has 1 aromatic carbocycles. The van der Waals surface area contributed by atoms with Gasteiger partial charge in [0.15, 0.2) is 0 Å². The first-order chi connectivity index (χ1) is 6.93. The fourth-order valence-corrected chi connectivity index (χ4v) is 2.08. The molecular formula is C12H14Cl2O. The van der Waals surface area contributed by atoms with Gasteiger partial charge in [0.2, 0.25) is 0 Å². The van der Waals surface area contributed by atoms with E-state index in [-0.39, 0.29) is 17.6 Å². The third kappa shape index (κ3) is 2.96. The first-order valence-corrected chi connectivity index (χ1v) is 5.67. The van der Waals surface area contributed by atoms with Crippen molar-refractivity contribution in [3.8, 4) is 0 Å². The van der Waals surface area contributed by atoms with E-state index in [2.05, 4.69) is 0 Å². The van der Waals surface area contributed by atoms with Gasteiger partial charge in [0, 0.05) is 21.9 Å². The lowest BCUT2D eigenvalue weighted by Crippen LogP contribution is -2.15. The van der Waals surface area contributed by atoms with Crippen LogP contribution < -0.4 is 0 Å². The summed E-state index contributed by atoms with van der Waals surface area (Å²) in [5, 5.41) is 1.15. The van der Waals surface area contributed by atoms with E-state index >= 15 is 0 Å². The second kappa shape index (κ2) is 5.00. The Morgan fingerprint density at radius 2 is 1.80 bits per heavy atom. The minimum Gasteiger partial charge on any atom is -0.299 e. The van der Waals surface area contributed by atoms with Crippen LogP contribution in [0, 0.1) is 5.92 Å². The zero-order valence-electron chi connectivity index (χ0n) is 9.05. The quantitative estimate of drug-likeness (QED) is 0.774. The molecule has 0 heterocycles. The summed E-state index contributed by atoms with van der Waals surface area (Å²) in [6.07, 6.45) is 0. The van der Waals surface area contributed by atoms with Gasteiger partial charge in [-0.3, -0.25) is 4.79 Å². The Morgan fingerprint density at radius 1 is 1.20 bits per heavy atom. The molecule has 0 N–H and O–H groups in total. The normalized spacial score (nSPS) is 12.9. The van der Waals surface area contributed by atoms with E-state index in [0.717, 1.165) is 5.56 Å². The standard InChI is InChI=1S/C12H14Cl2O/c1-7(2)12(15)8(3)10-5-4-9(13)6-11(10)14/h4-8H,1-3H3. The highest BCUT2D eigenvalue weighted by molar-refractivity contribution is 6.35. The summed E-state index contributed by atoms with van der Waals surface area (Å²) in [6.45, 7) is 5.66. The highest BCUT2D eigenvalue weighted by atomic mass is 35.5. The van der Waals surface area contributed by atoms with E-state index in [1.807, 2.05) is 26.8 Å². The molecule has 0 aromatic heterocycles. The van der Waals surface area contributed by atoms with Gasteiger partial charge in [-0.15, -0.1) is 0 Å². The maximum Gasteiger partial charge on any atom is 0.142 e. The minimum absolute atomic E-state index is 0.0201. The smallest absolute Gasteiger partial charge is 0.142 e. The molecule has 1 rings (SSSR count). The summed E-state index contributed by atoms with van der Waals surface area (Å²) in [4.78, 5) is 11.8. The molecule has 1 aromatic rings. The predicted molar refractivity (Wildman–Crippen MR) is 64.7 cm³/mol. The molecule has 0 spiro atoms. The lowest BCUT2D eigenvalue weighted by atomic mass is 9.90. The Hall–Kier alpha value is -0.530. The molecule has 0 saturated carbocycles. The molecule has 1 atom stereocenters. The van der Waals surface area contributed by atoms with Crippen LogP contribution in [0.2, 0.25) is 10.0 Å². The van der Waals surface area contributed by atoms with Crippen LogP contribution in [0.3, 0.4) is 0 Å². The summed E-state index contributed by atoms with van der Waals surface area (Å²) < 4.78 is 0. The number of halogens is 2. The third-order valence-electron chi connectivity index (χ3n) is 2.42. The van der Waals surface area contributed by atoms with Gasteiger partial charge in [-0.25, -0.2) is 0 Å².